The van der Waals surface area contributed by atoms with Crippen molar-refractivity contribution < 1.29 is 8.78 Å². The smallest absolute Gasteiger partial charge is 0.193 e. The van der Waals surface area contributed by atoms with Crippen molar-refractivity contribution in [2.45, 2.75) is 13.0 Å². The number of nitrogens with one attached hydrogen (secondary N) is 2. The first kappa shape index (κ1) is 19.5. The van der Waals surface area contributed by atoms with E-state index >= 15 is 0 Å². The number of aliphatic imine (C=N–C) groups is 1. The van der Waals surface area contributed by atoms with Crippen molar-refractivity contribution in [3.63, 3.8) is 0 Å². The van der Waals surface area contributed by atoms with Crippen molar-refractivity contribution in [1.82, 2.24) is 20.2 Å². The average molecular weight is 383 g/mol. The maximum Gasteiger partial charge on any atom is 0.193 e. The summed E-state index contributed by atoms with van der Waals surface area (Å²) in [4.78, 5) is 13.9. The molecule has 2 aromatic carbocycles. The lowest BCUT2D eigenvalue weighted by molar-refractivity contribution is 0.464. The van der Waals surface area contributed by atoms with Gasteiger partial charge in [0, 0.05) is 20.6 Å². The second-order valence-corrected chi connectivity index (χ2v) is 6.43. The fraction of sp³-hybridized carbons (Fsp3) is 0.238. The van der Waals surface area contributed by atoms with E-state index < -0.39 is 11.6 Å². The van der Waals surface area contributed by atoms with Crippen LogP contribution >= 0.6 is 0 Å². The van der Waals surface area contributed by atoms with E-state index in [-0.39, 0.29) is 0 Å². The molecular weight excluding hydrogens is 360 g/mol. The van der Waals surface area contributed by atoms with Crippen molar-refractivity contribution in [2.75, 3.05) is 20.6 Å². The van der Waals surface area contributed by atoms with E-state index in [1.165, 1.54) is 6.07 Å². The summed E-state index contributed by atoms with van der Waals surface area (Å²) in [6.07, 6.45) is 2.16. The van der Waals surface area contributed by atoms with Crippen LogP contribution in [0.1, 0.15) is 11.4 Å². The van der Waals surface area contributed by atoms with Gasteiger partial charge in [0.2, 0.25) is 0 Å². The Hall–Kier alpha value is -3.22. The molecule has 7 heteroatoms. The zero-order valence-electron chi connectivity index (χ0n) is 15.9. The van der Waals surface area contributed by atoms with Crippen molar-refractivity contribution in [3.8, 4) is 11.3 Å². The minimum atomic E-state index is -0.440. The van der Waals surface area contributed by atoms with Gasteiger partial charge in [-0.3, -0.25) is 4.99 Å². The van der Waals surface area contributed by atoms with E-state index in [9.17, 15) is 8.78 Å². The Kier molecular flexibility index (Phi) is 6.37. The summed E-state index contributed by atoms with van der Waals surface area (Å²) in [6.45, 7) is 0.964. The zero-order chi connectivity index (χ0) is 19.9. The summed E-state index contributed by atoms with van der Waals surface area (Å²) < 4.78 is 27.0. The number of imidazole rings is 1. The molecule has 0 amide bonds. The molecule has 0 aliphatic heterocycles. The Morgan fingerprint density at radius 1 is 1.18 bits per heavy atom. The molecule has 146 valence electrons. The molecule has 0 radical (unpaired) electrons. The first-order chi connectivity index (χ1) is 13.6. The van der Waals surface area contributed by atoms with Crippen LogP contribution in [0, 0.1) is 11.6 Å². The van der Waals surface area contributed by atoms with E-state index in [1.54, 1.807) is 13.2 Å². The topological polar surface area (TPSA) is 56.3 Å². The number of hydrogen-bond donors (Lipinski definition) is 2. The number of benzene rings is 2. The predicted octanol–water partition coefficient (Wildman–Crippen LogP) is 3.60. The monoisotopic (exact) mass is 383 g/mol. The van der Waals surface area contributed by atoms with Crippen molar-refractivity contribution in [3.05, 3.63) is 77.8 Å². The molecule has 0 saturated heterocycles. The summed E-state index contributed by atoms with van der Waals surface area (Å²) in [6, 6.07) is 13.5. The third-order valence-corrected chi connectivity index (χ3v) is 4.36. The fourth-order valence-corrected chi connectivity index (χ4v) is 2.94. The Labute approximate surface area is 163 Å². The fourth-order valence-electron chi connectivity index (χ4n) is 2.94. The Morgan fingerprint density at radius 3 is 2.71 bits per heavy atom. The number of aromatic nitrogens is 2. The SMILES string of the molecule is CN=C(NCCc1cc(F)ccc1F)N(C)Cc1ncc(-c2ccccc2)[nH]1. The van der Waals surface area contributed by atoms with Gasteiger partial charge in [0.1, 0.15) is 17.5 Å². The van der Waals surface area contributed by atoms with Crippen molar-refractivity contribution in [2.24, 2.45) is 4.99 Å². The van der Waals surface area contributed by atoms with E-state index in [4.69, 9.17) is 0 Å². The van der Waals surface area contributed by atoms with Gasteiger partial charge in [0.15, 0.2) is 5.96 Å². The number of H-pyrrole nitrogens is 1. The van der Waals surface area contributed by atoms with Gasteiger partial charge in [0.25, 0.3) is 0 Å². The van der Waals surface area contributed by atoms with Crippen LogP contribution in [-0.4, -0.2) is 41.5 Å². The summed E-state index contributed by atoms with van der Waals surface area (Å²) in [5.41, 5.74) is 2.36. The standard InChI is InChI=1S/C21H23F2N5/c1-24-21(25-11-10-16-12-17(22)8-9-18(16)23)28(2)14-20-26-13-19(27-20)15-6-4-3-5-7-15/h3-9,12-13H,10-11,14H2,1-2H3,(H,24,25)(H,26,27). The summed E-state index contributed by atoms with van der Waals surface area (Å²) >= 11 is 0. The van der Waals surface area contributed by atoms with E-state index in [0.29, 0.717) is 31.0 Å². The van der Waals surface area contributed by atoms with Crippen molar-refractivity contribution in [1.29, 1.82) is 0 Å². The van der Waals surface area contributed by atoms with Gasteiger partial charge in [-0.05, 0) is 35.7 Å². The number of rotatable bonds is 6. The molecule has 0 aliphatic carbocycles. The highest BCUT2D eigenvalue weighted by atomic mass is 19.1. The van der Waals surface area contributed by atoms with Crippen LogP contribution < -0.4 is 5.32 Å². The molecule has 28 heavy (non-hydrogen) atoms. The number of aromatic amines is 1. The molecule has 0 fully saturated rings. The molecule has 3 aromatic rings. The summed E-state index contributed by atoms with van der Waals surface area (Å²) in [7, 11) is 3.57. The minimum Gasteiger partial charge on any atom is -0.356 e. The summed E-state index contributed by atoms with van der Waals surface area (Å²) in [5, 5.41) is 3.17. The molecule has 2 N–H and O–H groups in total. The highest BCUT2D eigenvalue weighted by Crippen LogP contribution is 2.16. The van der Waals surface area contributed by atoms with Gasteiger partial charge >= 0.3 is 0 Å². The van der Waals surface area contributed by atoms with Crippen LogP contribution in [0.2, 0.25) is 0 Å². The lowest BCUT2D eigenvalue weighted by Gasteiger charge is -2.21. The predicted molar refractivity (Wildman–Crippen MR) is 107 cm³/mol. The second kappa shape index (κ2) is 9.12. The molecule has 3 rings (SSSR count). The molecule has 5 nitrogen and oxygen atoms in total. The largest absolute Gasteiger partial charge is 0.356 e. The average Bonchev–Trinajstić information content (AvgIpc) is 3.17. The van der Waals surface area contributed by atoms with Gasteiger partial charge in [-0.2, -0.15) is 0 Å². The van der Waals surface area contributed by atoms with Crippen LogP contribution in [0.15, 0.2) is 59.7 Å². The lowest BCUT2D eigenvalue weighted by Crippen LogP contribution is -2.39. The van der Waals surface area contributed by atoms with Crippen LogP contribution in [0.3, 0.4) is 0 Å². The molecule has 0 unspecified atom stereocenters. The van der Waals surface area contributed by atoms with Gasteiger partial charge < -0.3 is 15.2 Å². The van der Waals surface area contributed by atoms with E-state index in [1.807, 2.05) is 42.3 Å². The van der Waals surface area contributed by atoms with Crippen LogP contribution in [0.5, 0.6) is 0 Å². The van der Waals surface area contributed by atoms with Gasteiger partial charge in [-0.1, -0.05) is 30.3 Å². The third kappa shape index (κ3) is 4.94. The quantitative estimate of drug-likeness (QED) is 0.505. The Balaban J connectivity index is 1.56. The number of hydrogen-bond acceptors (Lipinski definition) is 2. The van der Waals surface area contributed by atoms with Gasteiger partial charge in [0.05, 0.1) is 18.4 Å². The molecule has 0 spiro atoms. The minimum absolute atomic E-state index is 0.337. The molecular formula is C21H23F2N5. The number of nitrogens with zero attached hydrogens (tertiary/aromatic N) is 3. The van der Waals surface area contributed by atoms with Crippen LogP contribution in [-0.2, 0) is 13.0 Å². The molecule has 1 aromatic heterocycles. The second-order valence-electron chi connectivity index (χ2n) is 6.43. The summed E-state index contributed by atoms with van der Waals surface area (Å²) in [5.74, 6) is 0.607. The van der Waals surface area contributed by atoms with Gasteiger partial charge in [-0.25, -0.2) is 13.8 Å². The highest BCUT2D eigenvalue weighted by Gasteiger charge is 2.10. The van der Waals surface area contributed by atoms with Crippen LogP contribution in [0.4, 0.5) is 8.78 Å². The maximum absolute atomic E-state index is 13.7. The highest BCUT2D eigenvalue weighted by molar-refractivity contribution is 5.79. The van der Waals surface area contributed by atoms with E-state index in [2.05, 4.69) is 20.3 Å². The Bertz CT molecular complexity index is 937. The van der Waals surface area contributed by atoms with E-state index in [0.717, 1.165) is 29.2 Å². The number of guanidine groups is 1. The lowest BCUT2D eigenvalue weighted by atomic mass is 10.1. The van der Waals surface area contributed by atoms with Crippen molar-refractivity contribution >= 4 is 5.96 Å². The van der Waals surface area contributed by atoms with Crippen LogP contribution in [0.25, 0.3) is 11.3 Å². The van der Waals surface area contributed by atoms with Gasteiger partial charge in [-0.15, -0.1) is 0 Å². The number of halogens is 2. The first-order valence-corrected chi connectivity index (χ1v) is 9.02. The molecule has 0 aliphatic rings. The zero-order valence-corrected chi connectivity index (χ0v) is 15.9. The molecule has 0 saturated carbocycles. The molecule has 1 heterocycles. The Morgan fingerprint density at radius 2 is 1.96 bits per heavy atom. The first-order valence-electron chi connectivity index (χ1n) is 9.02. The molecule has 0 atom stereocenters. The maximum atomic E-state index is 13.7. The normalized spacial score (nSPS) is 11.5. The third-order valence-electron chi connectivity index (χ3n) is 4.36. The molecule has 0 bridgehead atoms.